The quantitative estimate of drug-likeness (QED) is 0.900. The van der Waals surface area contributed by atoms with Crippen LogP contribution in [0.3, 0.4) is 0 Å². The van der Waals surface area contributed by atoms with Crippen LogP contribution in [0.5, 0.6) is 5.75 Å². The largest absolute Gasteiger partial charge is 0.485 e. The second-order valence-electron chi connectivity index (χ2n) is 4.10. The molecule has 0 bridgehead atoms. The highest BCUT2D eigenvalue weighted by molar-refractivity contribution is 5.35. The Morgan fingerprint density at radius 3 is 2.89 bits per heavy atom. The van der Waals surface area contributed by atoms with Gasteiger partial charge in [-0.05, 0) is 25.1 Å². The van der Waals surface area contributed by atoms with Crippen LogP contribution in [0, 0.1) is 5.82 Å². The lowest BCUT2D eigenvalue weighted by Crippen LogP contribution is -2.03. The van der Waals surface area contributed by atoms with E-state index in [0.29, 0.717) is 29.4 Å². The molecule has 19 heavy (non-hydrogen) atoms. The summed E-state index contributed by atoms with van der Waals surface area (Å²) in [6.07, 6.45) is -0.162. The Labute approximate surface area is 110 Å². The van der Waals surface area contributed by atoms with Crippen LogP contribution in [-0.2, 0) is 13.0 Å². The Morgan fingerprint density at radius 2 is 2.26 bits per heavy atom. The van der Waals surface area contributed by atoms with Crippen molar-refractivity contribution in [2.45, 2.75) is 33.0 Å². The number of nitrogens with zero attached hydrogens (tertiary/aromatic N) is 2. The lowest BCUT2D eigenvalue weighted by molar-refractivity contribution is 0.188. The Bertz CT molecular complexity index is 555. The van der Waals surface area contributed by atoms with Gasteiger partial charge in [0, 0.05) is 12.0 Å². The van der Waals surface area contributed by atoms with Crippen molar-refractivity contribution >= 4 is 0 Å². The summed E-state index contributed by atoms with van der Waals surface area (Å²) in [6.45, 7) is 3.56. The summed E-state index contributed by atoms with van der Waals surface area (Å²) >= 11 is 0. The minimum atomic E-state index is -0.817. The van der Waals surface area contributed by atoms with Gasteiger partial charge in [0.15, 0.2) is 6.61 Å². The molecule has 1 N–H and O–H groups in total. The third-order valence-corrected chi connectivity index (χ3v) is 2.59. The van der Waals surface area contributed by atoms with Gasteiger partial charge in [-0.3, -0.25) is 0 Å². The molecule has 0 saturated heterocycles. The maximum absolute atomic E-state index is 13.1. The van der Waals surface area contributed by atoms with Crippen molar-refractivity contribution in [3.05, 3.63) is 41.3 Å². The second kappa shape index (κ2) is 5.79. The van der Waals surface area contributed by atoms with Gasteiger partial charge >= 0.3 is 0 Å². The molecular weight excluding hydrogens is 251 g/mol. The van der Waals surface area contributed by atoms with E-state index in [1.165, 1.54) is 18.2 Å². The molecule has 0 aliphatic heterocycles. The zero-order chi connectivity index (χ0) is 13.8. The maximum Gasteiger partial charge on any atom is 0.226 e. The molecule has 2 rings (SSSR count). The topological polar surface area (TPSA) is 68.4 Å². The summed E-state index contributed by atoms with van der Waals surface area (Å²) < 4.78 is 23.5. The summed E-state index contributed by atoms with van der Waals surface area (Å²) in [5, 5.41) is 13.3. The van der Waals surface area contributed by atoms with Gasteiger partial charge in [0.05, 0.1) is 6.10 Å². The fourth-order valence-corrected chi connectivity index (χ4v) is 1.61. The molecule has 102 valence electrons. The van der Waals surface area contributed by atoms with Crippen molar-refractivity contribution in [3.8, 4) is 5.75 Å². The number of aliphatic hydroxyl groups is 1. The van der Waals surface area contributed by atoms with E-state index >= 15 is 0 Å². The fourth-order valence-electron chi connectivity index (χ4n) is 1.61. The standard InChI is InChI=1S/C13H15FN2O3/c1-3-13-15-12(16-19-13)7-18-11-5-4-9(14)6-10(11)8(2)17/h4-6,8,17H,3,7H2,1-2H3. The number of benzene rings is 1. The van der Waals surface area contributed by atoms with Gasteiger partial charge in [-0.25, -0.2) is 4.39 Å². The van der Waals surface area contributed by atoms with E-state index in [2.05, 4.69) is 10.1 Å². The third kappa shape index (κ3) is 3.29. The van der Waals surface area contributed by atoms with Crippen molar-refractivity contribution in [3.63, 3.8) is 0 Å². The molecule has 0 spiro atoms. The number of ether oxygens (including phenoxy) is 1. The average molecular weight is 266 g/mol. The fraction of sp³-hybridized carbons (Fsp3) is 0.385. The van der Waals surface area contributed by atoms with Crippen LogP contribution in [0.1, 0.15) is 37.2 Å². The number of hydrogen-bond acceptors (Lipinski definition) is 5. The molecule has 1 unspecified atom stereocenters. The zero-order valence-electron chi connectivity index (χ0n) is 10.8. The first-order valence-corrected chi connectivity index (χ1v) is 6.02. The molecule has 0 aliphatic carbocycles. The number of rotatable bonds is 5. The molecule has 2 aromatic rings. The first-order chi connectivity index (χ1) is 9.10. The lowest BCUT2D eigenvalue weighted by Gasteiger charge is -2.12. The van der Waals surface area contributed by atoms with Gasteiger partial charge in [-0.2, -0.15) is 4.98 Å². The van der Waals surface area contributed by atoms with Gasteiger partial charge in [0.1, 0.15) is 11.6 Å². The van der Waals surface area contributed by atoms with E-state index in [-0.39, 0.29) is 6.61 Å². The van der Waals surface area contributed by atoms with Crippen molar-refractivity contribution in [2.75, 3.05) is 0 Å². The van der Waals surface area contributed by atoms with Crippen molar-refractivity contribution in [2.24, 2.45) is 0 Å². The van der Waals surface area contributed by atoms with Crippen LogP contribution in [0.25, 0.3) is 0 Å². The van der Waals surface area contributed by atoms with Crippen LogP contribution in [0.4, 0.5) is 4.39 Å². The Balaban J connectivity index is 2.10. The maximum atomic E-state index is 13.1. The van der Waals surface area contributed by atoms with E-state index in [4.69, 9.17) is 9.26 Å². The van der Waals surface area contributed by atoms with Crippen molar-refractivity contribution in [1.29, 1.82) is 0 Å². The molecule has 1 aromatic carbocycles. The molecule has 1 heterocycles. The zero-order valence-corrected chi connectivity index (χ0v) is 10.8. The molecule has 0 fully saturated rings. The highest BCUT2D eigenvalue weighted by Gasteiger charge is 2.12. The van der Waals surface area contributed by atoms with Crippen LogP contribution < -0.4 is 4.74 Å². The SMILES string of the molecule is CCc1nc(COc2ccc(F)cc2C(C)O)no1. The Morgan fingerprint density at radius 1 is 1.47 bits per heavy atom. The molecule has 1 atom stereocenters. The first-order valence-electron chi connectivity index (χ1n) is 6.02. The summed E-state index contributed by atoms with van der Waals surface area (Å²) in [7, 11) is 0. The molecular formula is C13H15FN2O3. The summed E-state index contributed by atoms with van der Waals surface area (Å²) in [5.74, 6) is 0.932. The number of halogens is 1. The number of aryl methyl sites for hydroxylation is 1. The second-order valence-corrected chi connectivity index (χ2v) is 4.10. The lowest BCUT2D eigenvalue weighted by atomic mass is 10.1. The number of aromatic nitrogens is 2. The van der Waals surface area contributed by atoms with Gasteiger partial charge in [0.25, 0.3) is 0 Å². The number of hydrogen-bond donors (Lipinski definition) is 1. The summed E-state index contributed by atoms with van der Waals surface area (Å²) in [4.78, 5) is 4.10. The van der Waals surface area contributed by atoms with Crippen LogP contribution in [-0.4, -0.2) is 15.2 Å². The predicted octanol–water partition coefficient (Wildman–Crippen LogP) is 2.40. The summed E-state index contributed by atoms with van der Waals surface area (Å²) in [5.41, 5.74) is 0.388. The Hall–Kier alpha value is -1.95. The molecule has 0 saturated carbocycles. The van der Waals surface area contributed by atoms with Crippen molar-refractivity contribution < 1.29 is 18.8 Å². The van der Waals surface area contributed by atoms with Gasteiger partial charge < -0.3 is 14.4 Å². The molecule has 5 nitrogen and oxygen atoms in total. The smallest absolute Gasteiger partial charge is 0.226 e. The monoisotopic (exact) mass is 266 g/mol. The van der Waals surface area contributed by atoms with E-state index in [1.54, 1.807) is 6.92 Å². The average Bonchev–Trinajstić information content (AvgIpc) is 2.85. The number of aliphatic hydroxyl groups excluding tert-OH is 1. The van der Waals surface area contributed by atoms with E-state index in [1.807, 2.05) is 6.92 Å². The minimum absolute atomic E-state index is 0.106. The van der Waals surface area contributed by atoms with E-state index in [0.717, 1.165) is 0 Å². The van der Waals surface area contributed by atoms with E-state index < -0.39 is 11.9 Å². The minimum Gasteiger partial charge on any atom is -0.485 e. The van der Waals surface area contributed by atoms with Crippen LogP contribution >= 0.6 is 0 Å². The molecule has 0 radical (unpaired) electrons. The van der Waals surface area contributed by atoms with Gasteiger partial charge in [0.2, 0.25) is 11.7 Å². The molecule has 0 aliphatic rings. The highest BCUT2D eigenvalue weighted by Crippen LogP contribution is 2.26. The third-order valence-electron chi connectivity index (χ3n) is 2.59. The first kappa shape index (κ1) is 13.5. The molecule has 0 amide bonds. The predicted molar refractivity (Wildman–Crippen MR) is 65.0 cm³/mol. The van der Waals surface area contributed by atoms with Crippen LogP contribution in [0.2, 0.25) is 0 Å². The Kier molecular flexibility index (Phi) is 4.11. The van der Waals surface area contributed by atoms with E-state index in [9.17, 15) is 9.50 Å². The van der Waals surface area contributed by atoms with Gasteiger partial charge in [-0.15, -0.1) is 0 Å². The summed E-state index contributed by atoms with van der Waals surface area (Å²) in [6, 6.07) is 3.99. The molecule has 6 heteroatoms. The van der Waals surface area contributed by atoms with Gasteiger partial charge in [-0.1, -0.05) is 12.1 Å². The van der Waals surface area contributed by atoms with Crippen molar-refractivity contribution in [1.82, 2.24) is 10.1 Å². The van der Waals surface area contributed by atoms with Crippen LogP contribution in [0.15, 0.2) is 22.7 Å². The highest BCUT2D eigenvalue weighted by atomic mass is 19.1. The molecule has 1 aromatic heterocycles. The normalized spacial score (nSPS) is 12.4.